The summed E-state index contributed by atoms with van der Waals surface area (Å²) in [7, 11) is 0. The van der Waals surface area contributed by atoms with Crippen LogP contribution < -0.4 is 10.7 Å². The number of amides is 2. The number of nitrogens with one attached hydrogen (secondary N) is 2. The highest BCUT2D eigenvalue weighted by atomic mass is 79.9. The summed E-state index contributed by atoms with van der Waals surface area (Å²) in [4.78, 5) is 12.2. The number of urea groups is 1. The van der Waals surface area contributed by atoms with E-state index in [4.69, 9.17) is 0 Å². The highest BCUT2D eigenvalue weighted by Gasteiger charge is 2.51. The van der Waals surface area contributed by atoms with Crippen molar-refractivity contribution in [3.63, 3.8) is 0 Å². The molecule has 5 rings (SSSR count). The van der Waals surface area contributed by atoms with Gasteiger partial charge in [0.1, 0.15) is 5.82 Å². The molecule has 1 aromatic carbocycles. The van der Waals surface area contributed by atoms with E-state index >= 15 is 0 Å². The van der Waals surface area contributed by atoms with Crippen LogP contribution in [0.4, 0.5) is 9.18 Å². The van der Waals surface area contributed by atoms with E-state index in [2.05, 4.69) is 31.8 Å². The fourth-order valence-electron chi connectivity index (χ4n) is 5.31. The van der Waals surface area contributed by atoms with Crippen LogP contribution in [-0.2, 0) is 0 Å². The van der Waals surface area contributed by atoms with Crippen LogP contribution >= 0.6 is 15.9 Å². The van der Waals surface area contributed by atoms with E-state index in [1.54, 1.807) is 12.1 Å². The number of carbonyl (C=O) groups excluding carboxylic acids is 1. The van der Waals surface area contributed by atoms with Gasteiger partial charge in [0.05, 0.1) is 6.21 Å². The number of benzene rings is 1. The molecule has 4 fully saturated rings. The SMILES string of the molecule is O=C(NN=Cc1cc(Br)ccc1F)NC12CC3CC(CC(C3)C1)C2. The van der Waals surface area contributed by atoms with Crippen LogP contribution in [0.3, 0.4) is 0 Å². The van der Waals surface area contributed by atoms with Crippen molar-refractivity contribution in [2.45, 2.75) is 44.1 Å². The molecule has 0 aromatic heterocycles. The zero-order valence-electron chi connectivity index (χ0n) is 13.4. The number of hydrazone groups is 1. The number of nitrogens with zero attached hydrogens (tertiary/aromatic N) is 1. The molecule has 4 nitrogen and oxygen atoms in total. The molecule has 2 amide bonds. The molecule has 128 valence electrons. The van der Waals surface area contributed by atoms with Crippen molar-refractivity contribution in [2.24, 2.45) is 22.9 Å². The zero-order chi connectivity index (χ0) is 16.7. The van der Waals surface area contributed by atoms with E-state index in [1.165, 1.54) is 31.5 Å². The summed E-state index contributed by atoms with van der Waals surface area (Å²) in [6.07, 6.45) is 8.62. The molecule has 0 saturated heterocycles. The number of halogens is 2. The van der Waals surface area contributed by atoms with Gasteiger partial charge in [0.15, 0.2) is 0 Å². The molecule has 2 N–H and O–H groups in total. The van der Waals surface area contributed by atoms with Gasteiger partial charge in [0.25, 0.3) is 0 Å². The molecular weight excluding hydrogens is 373 g/mol. The van der Waals surface area contributed by atoms with Gasteiger partial charge < -0.3 is 5.32 Å². The number of hydrogen-bond donors (Lipinski definition) is 2. The zero-order valence-corrected chi connectivity index (χ0v) is 15.0. The molecule has 0 unspecified atom stereocenters. The third-order valence-corrected chi connectivity index (χ3v) is 6.24. The number of rotatable bonds is 3. The normalized spacial score (nSPS) is 33.8. The van der Waals surface area contributed by atoms with Crippen LogP contribution in [0.1, 0.15) is 44.1 Å². The summed E-state index contributed by atoms with van der Waals surface area (Å²) in [5, 5.41) is 7.06. The van der Waals surface area contributed by atoms with E-state index in [-0.39, 0.29) is 17.4 Å². The van der Waals surface area contributed by atoms with Crippen molar-refractivity contribution in [3.8, 4) is 0 Å². The Kier molecular flexibility index (Phi) is 4.11. The van der Waals surface area contributed by atoms with Crippen LogP contribution in [0.2, 0.25) is 0 Å². The second-order valence-electron chi connectivity index (χ2n) is 7.69. The Balaban J connectivity index is 1.37. The Morgan fingerprint density at radius 1 is 1.21 bits per heavy atom. The lowest BCUT2D eigenvalue weighted by atomic mass is 9.53. The fourth-order valence-corrected chi connectivity index (χ4v) is 5.69. The van der Waals surface area contributed by atoms with Gasteiger partial charge in [-0.3, -0.25) is 0 Å². The van der Waals surface area contributed by atoms with Crippen molar-refractivity contribution in [1.29, 1.82) is 0 Å². The van der Waals surface area contributed by atoms with E-state index in [9.17, 15) is 9.18 Å². The minimum Gasteiger partial charge on any atom is -0.331 e. The first kappa shape index (κ1) is 16.1. The molecule has 0 heterocycles. The van der Waals surface area contributed by atoms with Gasteiger partial charge in [-0.2, -0.15) is 5.10 Å². The van der Waals surface area contributed by atoms with Gasteiger partial charge in [-0.25, -0.2) is 14.6 Å². The lowest BCUT2D eigenvalue weighted by Crippen LogP contribution is -2.61. The largest absolute Gasteiger partial charge is 0.335 e. The number of carbonyl (C=O) groups is 1. The average molecular weight is 394 g/mol. The molecule has 0 radical (unpaired) electrons. The van der Waals surface area contributed by atoms with Crippen molar-refractivity contribution in [2.75, 3.05) is 0 Å². The molecule has 0 atom stereocenters. The van der Waals surface area contributed by atoms with Crippen molar-refractivity contribution >= 4 is 28.2 Å². The van der Waals surface area contributed by atoms with Crippen molar-refractivity contribution in [3.05, 3.63) is 34.1 Å². The van der Waals surface area contributed by atoms with Crippen LogP contribution in [0.15, 0.2) is 27.8 Å². The van der Waals surface area contributed by atoms with E-state index < -0.39 is 0 Å². The Bertz CT molecular complexity index is 656. The highest BCUT2D eigenvalue weighted by molar-refractivity contribution is 9.10. The molecule has 4 bridgehead atoms. The monoisotopic (exact) mass is 393 g/mol. The van der Waals surface area contributed by atoms with E-state index in [1.807, 2.05) is 0 Å². The van der Waals surface area contributed by atoms with Gasteiger partial charge in [-0.15, -0.1) is 0 Å². The Morgan fingerprint density at radius 3 is 2.46 bits per heavy atom. The molecule has 1 aromatic rings. The molecular formula is C18H21BrFN3O. The molecule has 0 aliphatic heterocycles. The summed E-state index contributed by atoms with van der Waals surface area (Å²) >= 11 is 3.29. The van der Waals surface area contributed by atoms with Gasteiger partial charge in [0.2, 0.25) is 0 Å². The molecule has 4 aliphatic rings. The summed E-state index contributed by atoms with van der Waals surface area (Å²) < 4.78 is 14.4. The molecule has 0 spiro atoms. The molecule has 6 heteroatoms. The maximum Gasteiger partial charge on any atom is 0.335 e. The molecule has 4 aliphatic carbocycles. The van der Waals surface area contributed by atoms with Crippen LogP contribution in [-0.4, -0.2) is 17.8 Å². The van der Waals surface area contributed by atoms with Crippen LogP contribution in [0.25, 0.3) is 0 Å². The van der Waals surface area contributed by atoms with Gasteiger partial charge in [-0.05, 0) is 74.5 Å². The van der Waals surface area contributed by atoms with Gasteiger partial charge in [-0.1, -0.05) is 15.9 Å². The topological polar surface area (TPSA) is 53.5 Å². The minimum absolute atomic E-state index is 0.0463. The highest BCUT2D eigenvalue weighted by Crippen LogP contribution is 2.55. The Hall–Kier alpha value is -1.43. The Labute approximate surface area is 149 Å². The predicted octanol–water partition coefficient (Wildman–Crippen LogP) is 4.19. The maximum atomic E-state index is 13.6. The second kappa shape index (κ2) is 6.14. The molecule has 4 saturated carbocycles. The van der Waals surface area contributed by atoms with Gasteiger partial charge >= 0.3 is 6.03 Å². The van der Waals surface area contributed by atoms with E-state index in [0.29, 0.717) is 5.56 Å². The summed E-state index contributed by atoms with van der Waals surface area (Å²) in [6, 6.07) is 4.32. The fraction of sp³-hybridized carbons (Fsp3) is 0.556. The second-order valence-corrected chi connectivity index (χ2v) is 8.60. The van der Waals surface area contributed by atoms with Crippen LogP contribution in [0.5, 0.6) is 0 Å². The summed E-state index contributed by atoms with van der Waals surface area (Å²) in [5.74, 6) is 1.95. The van der Waals surface area contributed by atoms with Crippen LogP contribution in [0, 0.1) is 23.6 Å². The standard InChI is InChI=1S/C18H21BrFN3O/c19-15-1-2-16(20)14(6-15)10-21-23-17(24)22-18-7-11-3-12(8-18)5-13(4-11)9-18/h1-2,6,10-13H,3-5,7-9H2,(H2,22,23,24). The quantitative estimate of drug-likeness (QED) is 0.586. The van der Waals surface area contributed by atoms with E-state index in [0.717, 1.165) is 41.5 Å². The first-order valence-electron chi connectivity index (χ1n) is 8.58. The first-order chi connectivity index (χ1) is 11.5. The molecule has 24 heavy (non-hydrogen) atoms. The first-order valence-corrected chi connectivity index (χ1v) is 9.37. The van der Waals surface area contributed by atoms with Gasteiger partial charge in [0, 0.05) is 15.6 Å². The average Bonchev–Trinajstić information content (AvgIpc) is 2.48. The predicted molar refractivity (Wildman–Crippen MR) is 94.3 cm³/mol. The Morgan fingerprint density at radius 2 is 1.83 bits per heavy atom. The van der Waals surface area contributed by atoms with Crippen molar-refractivity contribution in [1.82, 2.24) is 10.7 Å². The van der Waals surface area contributed by atoms with Crippen molar-refractivity contribution < 1.29 is 9.18 Å². The smallest absolute Gasteiger partial charge is 0.331 e. The third kappa shape index (κ3) is 3.21. The summed E-state index contributed by atoms with van der Waals surface area (Å²) in [6.45, 7) is 0. The lowest BCUT2D eigenvalue weighted by molar-refractivity contribution is -0.0135. The maximum absolute atomic E-state index is 13.6. The number of hydrogen-bond acceptors (Lipinski definition) is 2. The minimum atomic E-state index is -0.370. The third-order valence-electron chi connectivity index (χ3n) is 5.74. The summed E-state index contributed by atoms with van der Waals surface area (Å²) in [5.41, 5.74) is 2.78. The lowest BCUT2D eigenvalue weighted by Gasteiger charge is -2.56.